The molecule has 2 heterocycles. The van der Waals surface area contributed by atoms with Crippen LogP contribution in [0.1, 0.15) is 43.5 Å². The number of hydrogen-bond acceptors (Lipinski definition) is 6. The number of para-hydroxylation sites is 1. The average Bonchev–Trinajstić information content (AvgIpc) is 3.17. The number of ether oxygens (including phenoxy) is 1. The van der Waals surface area contributed by atoms with E-state index in [1.165, 1.54) is 35.6 Å². The van der Waals surface area contributed by atoms with Gasteiger partial charge in [-0.3, -0.25) is 10.1 Å². The molecule has 1 aromatic heterocycles. The fourth-order valence-electron chi connectivity index (χ4n) is 3.76. The Labute approximate surface area is 186 Å². The van der Waals surface area contributed by atoms with Gasteiger partial charge in [0.05, 0.1) is 16.2 Å². The van der Waals surface area contributed by atoms with Crippen LogP contribution in [0.5, 0.6) is 5.75 Å². The summed E-state index contributed by atoms with van der Waals surface area (Å²) in [6.45, 7) is 4.91. The van der Waals surface area contributed by atoms with Gasteiger partial charge in [0.1, 0.15) is 11.3 Å². The van der Waals surface area contributed by atoms with E-state index in [4.69, 9.17) is 4.74 Å². The van der Waals surface area contributed by atoms with E-state index in [0.29, 0.717) is 35.1 Å². The zero-order valence-corrected chi connectivity index (χ0v) is 19.1. The molecule has 31 heavy (non-hydrogen) atoms. The molecule has 0 radical (unpaired) electrons. The maximum atomic E-state index is 13.0. The Morgan fingerprint density at radius 3 is 2.71 bits per heavy atom. The van der Waals surface area contributed by atoms with Gasteiger partial charge in [0, 0.05) is 18.2 Å². The minimum atomic E-state index is -3.56. The monoisotopic (exact) mass is 459 g/mol. The third kappa shape index (κ3) is 4.44. The number of benzene rings is 2. The van der Waals surface area contributed by atoms with Crippen molar-refractivity contribution in [2.75, 3.05) is 18.5 Å². The summed E-state index contributed by atoms with van der Waals surface area (Å²) in [6.07, 6.45) is 2.79. The van der Waals surface area contributed by atoms with Crippen LogP contribution in [0.25, 0.3) is 10.2 Å². The molecule has 1 aliphatic heterocycles. The maximum Gasteiger partial charge on any atom is 0.257 e. The highest BCUT2D eigenvalue weighted by Crippen LogP contribution is 2.32. The molecule has 0 aliphatic carbocycles. The highest BCUT2D eigenvalue weighted by atomic mass is 32.2. The van der Waals surface area contributed by atoms with Crippen molar-refractivity contribution in [3.05, 3.63) is 48.0 Å². The van der Waals surface area contributed by atoms with Gasteiger partial charge in [-0.2, -0.15) is 4.31 Å². The number of fused-ring (bicyclic) bond motifs is 1. The second-order valence-corrected chi connectivity index (χ2v) is 10.4. The van der Waals surface area contributed by atoms with Gasteiger partial charge in [-0.1, -0.05) is 23.8 Å². The lowest BCUT2D eigenvalue weighted by molar-refractivity contribution is 0.102. The molecule has 1 aliphatic rings. The highest BCUT2D eigenvalue weighted by Gasteiger charge is 2.31. The van der Waals surface area contributed by atoms with Crippen molar-refractivity contribution in [3.8, 4) is 5.75 Å². The Balaban J connectivity index is 1.51. The standard InChI is InChI=1S/C22H25N3O4S2/c1-3-29-18-8-6-9-19-20(18)23-22(30-19)24-21(26)16-10-12-17(13-11-16)31(27,28)25-14-5-4-7-15(25)2/h6,8-13,15H,3-5,7,14H2,1-2H3,(H,23,24,26)/t15-/m0/s1. The largest absolute Gasteiger partial charge is 0.492 e. The van der Waals surface area contributed by atoms with E-state index in [-0.39, 0.29) is 16.8 Å². The van der Waals surface area contributed by atoms with E-state index >= 15 is 0 Å². The predicted molar refractivity (Wildman–Crippen MR) is 122 cm³/mol. The summed E-state index contributed by atoms with van der Waals surface area (Å²) in [6, 6.07) is 11.7. The summed E-state index contributed by atoms with van der Waals surface area (Å²) >= 11 is 1.36. The number of nitrogens with one attached hydrogen (secondary N) is 1. The molecule has 0 bridgehead atoms. The second-order valence-electron chi connectivity index (χ2n) is 7.49. The van der Waals surface area contributed by atoms with Crippen molar-refractivity contribution in [1.82, 2.24) is 9.29 Å². The normalized spacial score (nSPS) is 17.5. The molecule has 1 saturated heterocycles. The number of thiazole rings is 1. The first kappa shape index (κ1) is 21.7. The second kappa shape index (κ2) is 8.94. The van der Waals surface area contributed by atoms with Gasteiger partial charge >= 0.3 is 0 Å². The summed E-state index contributed by atoms with van der Waals surface area (Å²) in [5, 5.41) is 3.26. The van der Waals surface area contributed by atoms with Crippen LogP contribution in [0.3, 0.4) is 0 Å². The molecular formula is C22H25N3O4S2. The lowest BCUT2D eigenvalue weighted by Crippen LogP contribution is -2.41. The Kier molecular flexibility index (Phi) is 6.27. The molecule has 7 nitrogen and oxygen atoms in total. The molecule has 9 heteroatoms. The van der Waals surface area contributed by atoms with Crippen LogP contribution >= 0.6 is 11.3 Å². The number of carbonyl (C=O) groups is 1. The van der Waals surface area contributed by atoms with Crippen molar-refractivity contribution < 1.29 is 17.9 Å². The van der Waals surface area contributed by atoms with Crippen LogP contribution in [-0.4, -0.2) is 42.8 Å². The predicted octanol–water partition coefficient (Wildman–Crippen LogP) is 4.51. The van der Waals surface area contributed by atoms with Gasteiger partial charge < -0.3 is 4.74 Å². The first-order chi connectivity index (χ1) is 14.9. The van der Waals surface area contributed by atoms with Gasteiger partial charge in [0.25, 0.3) is 5.91 Å². The first-order valence-electron chi connectivity index (χ1n) is 10.4. The zero-order chi connectivity index (χ0) is 22.0. The number of rotatable bonds is 6. The number of carbonyl (C=O) groups excluding carboxylic acids is 1. The topological polar surface area (TPSA) is 88.6 Å². The summed E-state index contributed by atoms with van der Waals surface area (Å²) in [7, 11) is -3.56. The molecule has 164 valence electrons. The molecule has 3 aromatic rings. The molecule has 0 saturated carbocycles. The van der Waals surface area contributed by atoms with Gasteiger partial charge in [0.15, 0.2) is 5.13 Å². The highest BCUT2D eigenvalue weighted by molar-refractivity contribution is 7.89. The SMILES string of the molecule is CCOc1cccc2sc(NC(=O)c3ccc(S(=O)(=O)N4CCCC[C@@H]4C)cc3)nc12. The van der Waals surface area contributed by atoms with E-state index in [1.54, 1.807) is 4.31 Å². The Bertz CT molecular complexity index is 1190. The summed E-state index contributed by atoms with van der Waals surface area (Å²) in [5.41, 5.74) is 1.08. The summed E-state index contributed by atoms with van der Waals surface area (Å²) in [4.78, 5) is 17.4. The van der Waals surface area contributed by atoms with Gasteiger partial charge in [0.2, 0.25) is 10.0 Å². The van der Waals surface area contributed by atoms with Crippen molar-refractivity contribution in [2.24, 2.45) is 0 Å². The molecule has 1 amide bonds. The van der Waals surface area contributed by atoms with Crippen LogP contribution in [0.2, 0.25) is 0 Å². The quantitative estimate of drug-likeness (QED) is 0.586. The van der Waals surface area contributed by atoms with E-state index in [9.17, 15) is 13.2 Å². The summed E-state index contributed by atoms with van der Waals surface area (Å²) in [5.74, 6) is 0.338. The van der Waals surface area contributed by atoms with Crippen LogP contribution in [0.4, 0.5) is 5.13 Å². The average molecular weight is 460 g/mol. The number of sulfonamides is 1. The van der Waals surface area contributed by atoms with Crippen LogP contribution in [0.15, 0.2) is 47.4 Å². The Morgan fingerprint density at radius 2 is 2.00 bits per heavy atom. The molecule has 2 aromatic carbocycles. The molecule has 0 spiro atoms. The smallest absolute Gasteiger partial charge is 0.257 e. The number of nitrogens with zero attached hydrogens (tertiary/aromatic N) is 2. The lowest BCUT2D eigenvalue weighted by atomic mass is 10.1. The fourth-order valence-corrected chi connectivity index (χ4v) is 6.34. The van der Waals surface area contributed by atoms with Gasteiger partial charge in [-0.05, 0) is 63.1 Å². The zero-order valence-electron chi connectivity index (χ0n) is 17.5. The van der Waals surface area contributed by atoms with Gasteiger partial charge in [-0.25, -0.2) is 13.4 Å². The molecule has 4 rings (SSSR count). The fraction of sp³-hybridized carbons (Fsp3) is 0.364. The Morgan fingerprint density at radius 1 is 1.23 bits per heavy atom. The maximum absolute atomic E-state index is 13.0. The molecule has 0 unspecified atom stereocenters. The number of hydrogen-bond donors (Lipinski definition) is 1. The number of amides is 1. The minimum Gasteiger partial charge on any atom is -0.492 e. The van der Waals surface area contributed by atoms with Crippen LogP contribution < -0.4 is 10.1 Å². The van der Waals surface area contributed by atoms with Crippen molar-refractivity contribution in [1.29, 1.82) is 0 Å². The van der Waals surface area contributed by atoms with Crippen molar-refractivity contribution in [3.63, 3.8) is 0 Å². The van der Waals surface area contributed by atoms with E-state index in [1.807, 2.05) is 32.0 Å². The van der Waals surface area contributed by atoms with E-state index < -0.39 is 10.0 Å². The molecular weight excluding hydrogens is 434 g/mol. The minimum absolute atomic E-state index is 0.0117. The molecule has 1 atom stereocenters. The molecule has 1 fully saturated rings. The van der Waals surface area contributed by atoms with Crippen molar-refractivity contribution >= 4 is 42.6 Å². The van der Waals surface area contributed by atoms with E-state index in [2.05, 4.69) is 10.3 Å². The Hall–Kier alpha value is -2.49. The van der Waals surface area contributed by atoms with Gasteiger partial charge in [-0.15, -0.1) is 0 Å². The van der Waals surface area contributed by atoms with Crippen LogP contribution in [-0.2, 0) is 10.0 Å². The molecule has 1 N–H and O–H groups in total. The first-order valence-corrected chi connectivity index (χ1v) is 12.6. The number of piperidine rings is 1. The summed E-state index contributed by atoms with van der Waals surface area (Å²) < 4.78 is 34.0. The number of aromatic nitrogens is 1. The third-order valence-electron chi connectivity index (χ3n) is 5.37. The number of anilines is 1. The van der Waals surface area contributed by atoms with E-state index in [0.717, 1.165) is 24.0 Å². The van der Waals surface area contributed by atoms with Crippen LogP contribution in [0, 0.1) is 0 Å². The lowest BCUT2D eigenvalue weighted by Gasteiger charge is -2.32. The van der Waals surface area contributed by atoms with Crippen molar-refractivity contribution in [2.45, 2.75) is 44.0 Å². The third-order valence-corrected chi connectivity index (χ3v) is 8.33.